The Bertz CT molecular complexity index is 630. The Kier molecular flexibility index (Phi) is 4.85. The maximum Gasteiger partial charge on any atom is 0.258 e. The molecule has 0 fully saturated rings. The average Bonchev–Trinajstić information content (AvgIpc) is 2.39. The van der Waals surface area contributed by atoms with Crippen molar-refractivity contribution in [1.82, 2.24) is 9.97 Å². The number of hydrogen-bond acceptors (Lipinski definition) is 4. The smallest absolute Gasteiger partial charge is 0.258 e. The van der Waals surface area contributed by atoms with Crippen LogP contribution in [0, 0.1) is 5.92 Å². The first-order valence-electron chi connectivity index (χ1n) is 5.97. The predicted molar refractivity (Wildman–Crippen MR) is 79.8 cm³/mol. The third-order valence-electron chi connectivity index (χ3n) is 2.67. The lowest BCUT2D eigenvalue weighted by Crippen LogP contribution is -2.12. The van der Waals surface area contributed by atoms with E-state index in [0.29, 0.717) is 27.5 Å². The number of aliphatic hydroxyl groups is 1. The Balaban J connectivity index is 2.17. The first-order valence-corrected chi connectivity index (χ1v) is 7.50. The van der Waals surface area contributed by atoms with E-state index in [-0.39, 0.29) is 18.1 Å². The fraction of sp³-hybridized carbons (Fsp3) is 0.385. The van der Waals surface area contributed by atoms with Crippen LogP contribution in [0.25, 0.3) is 10.9 Å². The highest BCUT2D eigenvalue weighted by atomic mass is 35.5. The summed E-state index contributed by atoms with van der Waals surface area (Å²) in [5, 5.41) is 9.98. The van der Waals surface area contributed by atoms with Gasteiger partial charge in [-0.3, -0.25) is 4.79 Å². The molecule has 0 spiro atoms. The molecule has 0 aliphatic carbocycles. The van der Waals surface area contributed by atoms with Crippen LogP contribution in [0.4, 0.5) is 0 Å². The monoisotopic (exact) mass is 298 g/mol. The number of nitrogens with one attached hydrogen (secondary N) is 1. The molecule has 0 saturated heterocycles. The number of benzene rings is 1. The van der Waals surface area contributed by atoms with Crippen LogP contribution >= 0.6 is 23.4 Å². The van der Waals surface area contributed by atoms with Crippen molar-refractivity contribution < 1.29 is 5.11 Å². The molecule has 0 bridgehead atoms. The van der Waals surface area contributed by atoms with Gasteiger partial charge in [-0.05, 0) is 29.9 Å². The zero-order valence-electron chi connectivity index (χ0n) is 10.5. The van der Waals surface area contributed by atoms with Gasteiger partial charge in [-0.15, -0.1) is 0 Å². The SMILES string of the molecule is C[C@H](CO)CSCc1nc2ccc(Cl)cc2c(=O)[nH]1. The van der Waals surface area contributed by atoms with E-state index < -0.39 is 0 Å². The molecule has 4 nitrogen and oxygen atoms in total. The summed E-state index contributed by atoms with van der Waals surface area (Å²) in [6.07, 6.45) is 0. The molecule has 2 rings (SSSR count). The molecule has 0 unspecified atom stereocenters. The molecular weight excluding hydrogens is 284 g/mol. The molecule has 1 aromatic carbocycles. The Morgan fingerprint density at radius 3 is 3.05 bits per heavy atom. The zero-order chi connectivity index (χ0) is 13.8. The highest BCUT2D eigenvalue weighted by molar-refractivity contribution is 7.98. The van der Waals surface area contributed by atoms with Crippen molar-refractivity contribution in [2.24, 2.45) is 5.92 Å². The summed E-state index contributed by atoms with van der Waals surface area (Å²) in [6.45, 7) is 2.15. The van der Waals surface area contributed by atoms with Crippen LogP contribution in [0.2, 0.25) is 5.02 Å². The molecule has 1 heterocycles. The Morgan fingerprint density at radius 1 is 1.53 bits per heavy atom. The number of halogens is 1. The molecule has 2 aromatic rings. The summed E-state index contributed by atoms with van der Waals surface area (Å²) in [5.41, 5.74) is 0.484. The molecule has 2 N–H and O–H groups in total. The molecule has 0 saturated carbocycles. The van der Waals surface area contributed by atoms with Crippen molar-refractivity contribution in [2.75, 3.05) is 12.4 Å². The zero-order valence-corrected chi connectivity index (χ0v) is 12.1. The first-order chi connectivity index (χ1) is 9.10. The first kappa shape index (κ1) is 14.4. The van der Waals surface area contributed by atoms with Crippen molar-refractivity contribution in [1.29, 1.82) is 0 Å². The number of aliphatic hydroxyl groups excluding tert-OH is 1. The summed E-state index contributed by atoms with van der Waals surface area (Å²) in [6, 6.07) is 5.09. The van der Waals surface area contributed by atoms with Crippen molar-refractivity contribution in [3.05, 3.63) is 39.4 Å². The van der Waals surface area contributed by atoms with E-state index >= 15 is 0 Å². The van der Waals surface area contributed by atoms with Crippen molar-refractivity contribution in [3.8, 4) is 0 Å². The van der Waals surface area contributed by atoms with Gasteiger partial charge in [0.15, 0.2) is 0 Å². The standard InChI is InChI=1S/C13H15ClN2O2S/c1-8(5-17)6-19-7-12-15-11-3-2-9(14)4-10(11)13(18)16-12/h2-4,8,17H,5-7H2,1H3,(H,15,16,18)/t8-/m1/s1. The van der Waals surface area contributed by atoms with Gasteiger partial charge in [-0.1, -0.05) is 18.5 Å². The maximum atomic E-state index is 11.9. The van der Waals surface area contributed by atoms with Crippen LogP contribution in [0.5, 0.6) is 0 Å². The molecule has 19 heavy (non-hydrogen) atoms. The minimum absolute atomic E-state index is 0.168. The summed E-state index contributed by atoms with van der Waals surface area (Å²) >= 11 is 7.50. The summed E-state index contributed by atoms with van der Waals surface area (Å²) in [4.78, 5) is 19.1. The summed E-state index contributed by atoms with van der Waals surface area (Å²) in [5.74, 6) is 2.35. The normalized spacial score (nSPS) is 12.8. The van der Waals surface area contributed by atoms with E-state index in [2.05, 4.69) is 9.97 Å². The second-order valence-corrected chi connectivity index (χ2v) is 5.94. The van der Waals surface area contributed by atoms with Crippen LogP contribution < -0.4 is 5.56 Å². The number of aromatic amines is 1. The minimum Gasteiger partial charge on any atom is -0.396 e. The summed E-state index contributed by atoms with van der Waals surface area (Å²) in [7, 11) is 0. The van der Waals surface area contributed by atoms with Gasteiger partial charge < -0.3 is 10.1 Å². The Hall–Kier alpha value is -1.04. The van der Waals surface area contributed by atoms with Gasteiger partial charge in [-0.2, -0.15) is 11.8 Å². The second kappa shape index (κ2) is 6.41. The van der Waals surface area contributed by atoms with Crippen molar-refractivity contribution >= 4 is 34.3 Å². The third kappa shape index (κ3) is 3.72. The van der Waals surface area contributed by atoms with Gasteiger partial charge in [0.05, 0.1) is 16.7 Å². The van der Waals surface area contributed by atoms with Gasteiger partial charge in [0.1, 0.15) is 5.82 Å². The van der Waals surface area contributed by atoms with Gasteiger partial charge in [0, 0.05) is 11.6 Å². The minimum atomic E-state index is -0.168. The average molecular weight is 299 g/mol. The lowest BCUT2D eigenvalue weighted by Gasteiger charge is -2.07. The molecular formula is C13H15ClN2O2S. The lowest BCUT2D eigenvalue weighted by molar-refractivity contribution is 0.250. The van der Waals surface area contributed by atoms with Crippen LogP contribution in [0.1, 0.15) is 12.7 Å². The van der Waals surface area contributed by atoms with Crippen molar-refractivity contribution in [3.63, 3.8) is 0 Å². The largest absolute Gasteiger partial charge is 0.396 e. The number of thioether (sulfide) groups is 1. The van der Waals surface area contributed by atoms with Crippen LogP contribution in [0.15, 0.2) is 23.0 Å². The van der Waals surface area contributed by atoms with Gasteiger partial charge in [0.2, 0.25) is 0 Å². The highest BCUT2D eigenvalue weighted by Gasteiger charge is 2.06. The second-order valence-electron chi connectivity index (χ2n) is 4.48. The van der Waals surface area contributed by atoms with E-state index in [1.807, 2.05) is 6.92 Å². The van der Waals surface area contributed by atoms with Crippen LogP contribution in [-0.4, -0.2) is 27.4 Å². The number of H-pyrrole nitrogens is 1. The maximum absolute atomic E-state index is 11.9. The molecule has 0 aliphatic heterocycles. The lowest BCUT2D eigenvalue weighted by atomic mass is 10.2. The van der Waals surface area contributed by atoms with E-state index in [4.69, 9.17) is 16.7 Å². The number of aromatic nitrogens is 2. The van der Waals surface area contributed by atoms with Gasteiger partial charge in [0.25, 0.3) is 5.56 Å². The topological polar surface area (TPSA) is 66.0 Å². The fourth-order valence-electron chi connectivity index (χ4n) is 1.64. The number of nitrogens with zero attached hydrogens (tertiary/aromatic N) is 1. The third-order valence-corrected chi connectivity index (χ3v) is 4.19. The van der Waals surface area contributed by atoms with E-state index in [1.54, 1.807) is 30.0 Å². The highest BCUT2D eigenvalue weighted by Crippen LogP contribution is 2.16. The molecule has 102 valence electrons. The predicted octanol–water partition coefficient (Wildman–Crippen LogP) is 2.44. The van der Waals surface area contributed by atoms with E-state index in [1.165, 1.54) is 0 Å². The van der Waals surface area contributed by atoms with Crippen molar-refractivity contribution in [2.45, 2.75) is 12.7 Å². The number of rotatable bonds is 5. The molecule has 1 aromatic heterocycles. The van der Waals surface area contributed by atoms with E-state index in [9.17, 15) is 4.79 Å². The van der Waals surface area contributed by atoms with Gasteiger partial charge in [-0.25, -0.2) is 4.98 Å². The number of hydrogen-bond donors (Lipinski definition) is 2. The van der Waals surface area contributed by atoms with Crippen LogP contribution in [0.3, 0.4) is 0 Å². The van der Waals surface area contributed by atoms with Gasteiger partial charge >= 0.3 is 0 Å². The molecule has 0 amide bonds. The molecule has 6 heteroatoms. The Labute approximate surface area is 120 Å². The quantitative estimate of drug-likeness (QED) is 0.890. The molecule has 0 aliphatic rings. The van der Waals surface area contributed by atoms with E-state index in [0.717, 1.165) is 5.75 Å². The molecule has 1 atom stereocenters. The summed E-state index contributed by atoms with van der Waals surface area (Å²) < 4.78 is 0. The van der Waals surface area contributed by atoms with Crippen LogP contribution in [-0.2, 0) is 5.75 Å². The Morgan fingerprint density at radius 2 is 2.32 bits per heavy atom. The fourth-order valence-corrected chi connectivity index (χ4v) is 2.77. The molecule has 0 radical (unpaired) electrons. The number of fused-ring (bicyclic) bond motifs is 1.